The molecule has 0 aliphatic carbocycles. The summed E-state index contributed by atoms with van der Waals surface area (Å²) in [6.07, 6.45) is 1.87. The fourth-order valence-electron chi connectivity index (χ4n) is 1.03. The van der Waals surface area contributed by atoms with E-state index in [1.165, 1.54) is 5.01 Å². The van der Waals surface area contributed by atoms with Gasteiger partial charge in [0.25, 0.3) is 0 Å². The summed E-state index contributed by atoms with van der Waals surface area (Å²) in [6, 6.07) is 0. The number of hydrazine groups is 1. The Hall–Kier alpha value is -0.680. The van der Waals surface area contributed by atoms with Crippen molar-refractivity contribution in [2.75, 3.05) is 6.54 Å². The number of unbranched alkanes of at least 4 members (excludes halogenated alkanes) is 1. The summed E-state index contributed by atoms with van der Waals surface area (Å²) >= 11 is 0. The van der Waals surface area contributed by atoms with Crippen molar-refractivity contribution in [1.29, 1.82) is 0 Å². The summed E-state index contributed by atoms with van der Waals surface area (Å²) in [4.78, 5) is 10.1. The maximum atomic E-state index is 11.0. The second kappa shape index (κ2) is 5.14. The highest BCUT2D eigenvalue weighted by atomic mass is 16.6. The summed E-state index contributed by atoms with van der Waals surface area (Å²) in [6.45, 7) is 8.22. The zero-order chi connectivity index (χ0) is 10.5. The van der Waals surface area contributed by atoms with Gasteiger partial charge in [-0.3, -0.25) is 5.28 Å². The molecule has 5 nitrogen and oxygen atoms in total. The minimum absolute atomic E-state index is 0.135. The molecule has 0 N–H and O–H groups in total. The Kier molecular flexibility index (Phi) is 4.87. The van der Waals surface area contributed by atoms with Crippen molar-refractivity contribution in [3.63, 3.8) is 0 Å². The van der Waals surface area contributed by atoms with Gasteiger partial charge in [0, 0.05) is 12.1 Å². The molecule has 0 rings (SSSR count). The largest absolute Gasteiger partial charge is 0.724 e. The number of nitrogens with zero attached hydrogens (tertiary/aromatic N) is 3. The smallest absolute Gasteiger partial charge is 0.0579 e. The lowest BCUT2D eigenvalue weighted by Crippen LogP contribution is -2.48. The number of nitroso groups, excluding NO2 is 1. The Morgan fingerprint density at radius 3 is 2.23 bits per heavy atom. The molecule has 0 saturated heterocycles. The predicted octanol–water partition coefficient (Wildman–Crippen LogP) is 2.28. The van der Waals surface area contributed by atoms with Crippen LogP contribution in [0.4, 0.5) is 0 Å². The van der Waals surface area contributed by atoms with Gasteiger partial charge in [0.15, 0.2) is 0 Å². The predicted molar refractivity (Wildman–Crippen MR) is 52.4 cm³/mol. The average Bonchev–Trinajstić information content (AvgIpc) is 2.02. The second-order valence-electron chi connectivity index (χ2n) is 3.98. The van der Waals surface area contributed by atoms with E-state index in [1.807, 2.05) is 27.7 Å². The van der Waals surface area contributed by atoms with E-state index < -0.39 is 0 Å². The van der Waals surface area contributed by atoms with Crippen LogP contribution >= 0.6 is 0 Å². The third-order valence-electron chi connectivity index (χ3n) is 1.77. The minimum atomic E-state index is -0.356. The van der Waals surface area contributed by atoms with E-state index in [-0.39, 0.29) is 10.8 Å². The minimum Gasteiger partial charge on any atom is -0.724 e. The van der Waals surface area contributed by atoms with Gasteiger partial charge in [-0.1, -0.05) is 13.3 Å². The molecule has 0 aromatic rings. The molecule has 0 aliphatic heterocycles. The molecular weight excluding hydrogens is 170 g/mol. The summed E-state index contributed by atoms with van der Waals surface area (Å²) in [7, 11) is 0. The summed E-state index contributed by atoms with van der Waals surface area (Å²) in [5.41, 5.74) is -0.356. The molecule has 78 valence electrons. The van der Waals surface area contributed by atoms with Crippen molar-refractivity contribution in [2.24, 2.45) is 5.29 Å². The SMILES string of the molecule is CCCCN(N([O-])N=O)C(C)(C)C. The first kappa shape index (κ1) is 12.3. The van der Waals surface area contributed by atoms with Gasteiger partial charge < -0.3 is 5.21 Å². The standard InChI is InChI=1S/C8H18N3O2/c1-5-6-7-10(8(2,3)4)11(13)9-12/h5-7H2,1-4H3/q-1. The van der Waals surface area contributed by atoms with E-state index in [2.05, 4.69) is 5.29 Å². The number of hydrogen-bond donors (Lipinski definition) is 0. The molecule has 0 aliphatic rings. The van der Waals surface area contributed by atoms with Crippen LogP contribution in [0, 0.1) is 10.1 Å². The maximum absolute atomic E-state index is 11.0. The molecule has 0 fully saturated rings. The first-order valence-electron chi connectivity index (χ1n) is 4.51. The monoisotopic (exact) mass is 188 g/mol. The van der Waals surface area contributed by atoms with Crippen molar-refractivity contribution >= 4 is 0 Å². The molecular formula is C8H18N3O2-. The normalized spacial score (nSPS) is 11.8. The number of hydrogen-bond acceptors (Lipinski definition) is 4. The van der Waals surface area contributed by atoms with E-state index >= 15 is 0 Å². The summed E-state index contributed by atoms with van der Waals surface area (Å²) in [5.74, 6) is 0. The Labute approximate surface area is 79.2 Å². The van der Waals surface area contributed by atoms with Gasteiger partial charge in [-0.15, -0.1) is 4.91 Å². The lowest BCUT2D eigenvalue weighted by Gasteiger charge is -2.43. The van der Waals surface area contributed by atoms with Gasteiger partial charge >= 0.3 is 0 Å². The Bertz CT molecular complexity index is 156. The first-order chi connectivity index (χ1) is 5.93. The molecule has 0 saturated carbocycles. The van der Waals surface area contributed by atoms with Crippen molar-refractivity contribution in [3.05, 3.63) is 10.1 Å². The van der Waals surface area contributed by atoms with E-state index in [9.17, 15) is 10.1 Å². The highest BCUT2D eigenvalue weighted by molar-refractivity contribution is 4.73. The second-order valence-corrected chi connectivity index (χ2v) is 3.98. The molecule has 0 heterocycles. The fourth-order valence-corrected chi connectivity index (χ4v) is 1.03. The van der Waals surface area contributed by atoms with E-state index in [1.54, 1.807) is 0 Å². The van der Waals surface area contributed by atoms with Crippen LogP contribution in [0.5, 0.6) is 0 Å². The Morgan fingerprint density at radius 1 is 1.38 bits per heavy atom. The first-order valence-corrected chi connectivity index (χ1v) is 4.51. The Balaban J connectivity index is 4.27. The van der Waals surface area contributed by atoms with Crippen molar-refractivity contribution < 1.29 is 0 Å². The maximum Gasteiger partial charge on any atom is 0.0579 e. The molecule has 0 spiro atoms. The van der Waals surface area contributed by atoms with Gasteiger partial charge in [-0.2, -0.15) is 0 Å². The average molecular weight is 188 g/mol. The van der Waals surface area contributed by atoms with Crippen molar-refractivity contribution in [1.82, 2.24) is 10.3 Å². The van der Waals surface area contributed by atoms with Crippen LogP contribution in [0.15, 0.2) is 5.29 Å². The van der Waals surface area contributed by atoms with Crippen LogP contribution in [-0.2, 0) is 0 Å². The molecule has 5 heteroatoms. The third-order valence-corrected chi connectivity index (χ3v) is 1.77. The van der Waals surface area contributed by atoms with Gasteiger partial charge in [-0.25, -0.2) is 5.01 Å². The van der Waals surface area contributed by atoms with E-state index in [4.69, 9.17) is 0 Å². The Morgan fingerprint density at radius 2 is 1.92 bits per heavy atom. The van der Waals surface area contributed by atoms with Crippen LogP contribution in [0.1, 0.15) is 40.5 Å². The van der Waals surface area contributed by atoms with Crippen molar-refractivity contribution in [2.45, 2.75) is 46.1 Å². The molecule has 0 atom stereocenters. The van der Waals surface area contributed by atoms with Crippen LogP contribution in [0.2, 0.25) is 0 Å². The molecule has 13 heavy (non-hydrogen) atoms. The zero-order valence-electron chi connectivity index (χ0n) is 8.78. The molecule has 0 aromatic carbocycles. The molecule has 0 amide bonds. The summed E-state index contributed by atoms with van der Waals surface area (Å²) < 4.78 is 0. The van der Waals surface area contributed by atoms with Gasteiger partial charge in [0.05, 0.1) is 5.29 Å². The third kappa shape index (κ3) is 4.19. The quantitative estimate of drug-likeness (QED) is 0.490. The molecule has 0 radical (unpaired) electrons. The fraction of sp³-hybridized carbons (Fsp3) is 1.00. The lowest BCUT2D eigenvalue weighted by atomic mass is 10.1. The van der Waals surface area contributed by atoms with E-state index in [0.717, 1.165) is 12.8 Å². The van der Waals surface area contributed by atoms with Gasteiger partial charge in [0.2, 0.25) is 0 Å². The zero-order valence-corrected chi connectivity index (χ0v) is 8.78. The van der Waals surface area contributed by atoms with E-state index in [0.29, 0.717) is 6.54 Å². The van der Waals surface area contributed by atoms with Crippen LogP contribution < -0.4 is 0 Å². The molecule has 0 bridgehead atoms. The van der Waals surface area contributed by atoms with Crippen LogP contribution in [0.25, 0.3) is 0 Å². The molecule has 0 unspecified atom stereocenters. The van der Waals surface area contributed by atoms with Crippen LogP contribution in [-0.4, -0.2) is 22.4 Å². The summed E-state index contributed by atoms with van der Waals surface area (Å²) in [5, 5.41) is 14.9. The van der Waals surface area contributed by atoms with Crippen molar-refractivity contribution in [3.8, 4) is 0 Å². The van der Waals surface area contributed by atoms with Gasteiger partial charge in [-0.05, 0) is 27.2 Å². The number of rotatable bonds is 5. The topological polar surface area (TPSA) is 59.0 Å². The van der Waals surface area contributed by atoms with Gasteiger partial charge in [0.1, 0.15) is 0 Å². The highest BCUT2D eigenvalue weighted by Crippen LogP contribution is 2.16. The molecule has 0 aromatic heterocycles. The lowest BCUT2D eigenvalue weighted by molar-refractivity contribution is -0.0562. The van der Waals surface area contributed by atoms with Crippen LogP contribution in [0.3, 0.4) is 0 Å². The highest BCUT2D eigenvalue weighted by Gasteiger charge is 2.22.